The maximum absolute atomic E-state index is 12.3. The number of benzene rings is 3. The molecule has 3 aromatic carbocycles. The number of pyridine rings is 1. The Hall–Kier alpha value is -4.50. The summed E-state index contributed by atoms with van der Waals surface area (Å²) in [5, 5.41) is 12.9. The topological polar surface area (TPSA) is 120 Å². The molecule has 0 amide bonds. The van der Waals surface area contributed by atoms with Crippen LogP contribution in [0.1, 0.15) is 99.0 Å². The number of carbonyl (C=O) groups excluding carboxylic acids is 1. The number of carbonyl (C=O) groups is 2. The van der Waals surface area contributed by atoms with Gasteiger partial charge in [-0.05, 0) is 107 Å². The van der Waals surface area contributed by atoms with Crippen LogP contribution in [0.4, 0.5) is 13.2 Å². The monoisotopic (exact) mass is 850 g/mol. The highest BCUT2D eigenvalue weighted by atomic mass is 79.9. The summed E-state index contributed by atoms with van der Waals surface area (Å²) < 4.78 is 59.6. The lowest BCUT2D eigenvalue weighted by Crippen LogP contribution is -2.41. The van der Waals surface area contributed by atoms with E-state index in [0.29, 0.717) is 18.0 Å². The molecule has 0 radical (unpaired) electrons. The molecule has 0 unspecified atom stereocenters. The number of aromatic nitrogens is 1. The molecule has 2 N–H and O–H groups in total. The van der Waals surface area contributed by atoms with Crippen LogP contribution in [0.3, 0.4) is 0 Å². The number of esters is 1. The zero-order chi connectivity index (χ0) is 41.8. The second kappa shape index (κ2) is 17.6. The van der Waals surface area contributed by atoms with Crippen molar-refractivity contribution in [1.82, 2.24) is 10.3 Å². The highest BCUT2D eigenvalue weighted by Gasteiger charge is 2.52. The number of nitrogens with zero attached hydrogens (tertiary/aromatic N) is 1. The van der Waals surface area contributed by atoms with Crippen molar-refractivity contribution in [3.05, 3.63) is 129 Å². The van der Waals surface area contributed by atoms with Gasteiger partial charge in [-0.25, -0.2) is 4.79 Å². The van der Waals surface area contributed by atoms with E-state index in [4.69, 9.17) is 18.5 Å². The van der Waals surface area contributed by atoms with Gasteiger partial charge in [0.05, 0.1) is 41.4 Å². The van der Waals surface area contributed by atoms with Crippen molar-refractivity contribution in [2.24, 2.45) is 0 Å². The minimum absolute atomic E-state index is 0.256. The number of carboxylic acid groups (broad SMARTS) is 1. The van der Waals surface area contributed by atoms with Gasteiger partial charge in [0.2, 0.25) is 5.76 Å². The summed E-state index contributed by atoms with van der Waals surface area (Å²) in [7, 11) is 0.973. The minimum Gasteiger partial charge on any atom is -0.478 e. The predicted molar refractivity (Wildman–Crippen MR) is 216 cm³/mol. The van der Waals surface area contributed by atoms with Crippen molar-refractivity contribution in [2.75, 3.05) is 7.11 Å². The Labute approximate surface area is 339 Å². The molecular weight excluding hydrogens is 804 g/mol. The van der Waals surface area contributed by atoms with Crippen molar-refractivity contribution in [3.8, 4) is 0 Å². The molecule has 7 rings (SSSR count). The van der Waals surface area contributed by atoms with E-state index in [1.165, 1.54) is 13.2 Å². The summed E-state index contributed by atoms with van der Waals surface area (Å²) in [5.41, 5.74) is 3.43. The van der Waals surface area contributed by atoms with E-state index < -0.39 is 30.4 Å². The SMILES string of the molecule is COC(=O)C(C)(C)c1cccc(B2OC(C)(C)C(C)(C)O2)c1.FC(F)(F)c1ccc(CNCc2ccc(Br)cc2)o1.O=C(O)c1cc(C2CC2)nc2ccccc12. The average Bonchev–Trinajstić information content (AvgIpc) is 3.85. The lowest BCUT2D eigenvalue weighted by molar-refractivity contribution is -0.153. The summed E-state index contributed by atoms with van der Waals surface area (Å²) >= 11 is 3.33. The van der Waals surface area contributed by atoms with Crippen LogP contribution in [0.5, 0.6) is 0 Å². The number of para-hydroxylation sites is 1. The molecule has 9 nitrogen and oxygen atoms in total. The first-order valence-corrected chi connectivity index (χ1v) is 19.3. The second-order valence-corrected chi connectivity index (χ2v) is 16.4. The average molecular weight is 852 g/mol. The zero-order valence-electron chi connectivity index (χ0n) is 33.0. The number of furan rings is 1. The quantitative estimate of drug-likeness (QED) is 0.110. The van der Waals surface area contributed by atoms with Gasteiger partial charge in [-0.2, -0.15) is 13.2 Å². The van der Waals surface area contributed by atoms with E-state index in [9.17, 15) is 27.9 Å². The van der Waals surface area contributed by atoms with Gasteiger partial charge in [0.25, 0.3) is 0 Å². The van der Waals surface area contributed by atoms with Crippen LogP contribution in [0.25, 0.3) is 10.9 Å². The molecule has 3 heterocycles. The number of nitrogens with one attached hydrogen (secondary N) is 1. The van der Waals surface area contributed by atoms with Gasteiger partial charge in [0.15, 0.2) is 0 Å². The Morgan fingerprint density at radius 2 is 1.56 bits per heavy atom. The summed E-state index contributed by atoms with van der Waals surface area (Å²) in [6, 6.07) is 26.8. The van der Waals surface area contributed by atoms with Crippen LogP contribution in [0.15, 0.2) is 99.9 Å². The van der Waals surface area contributed by atoms with E-state index in [0.717, 1.165) is 56.6 Å². The molecule has 1 aliphatic carbocycles. The first kappa shape index (κ1) is 43.6. The number of alkyl halides is 3. The molecule has 2 aromatic heterocycles. The van der Waals surface area contributed by atoms with Gasteiger partial charge in [-0.1, -0.05) is 70.5 Å². The van der Waals surface area contributed by atoms with E-state index in [2.05, 4.69) is 26.2 Å². The Morgan fingerprint density at radius 1 is 0.912 bits per heavy atom. The third kappa shape index (κ3) is 10.9. The van der Waals surface area contributed by atoms with E-state index in [-0.39, 0.29) is 29.5 Å². The molecule has 5 aromatic rings. The first-order chi connectivity index (χ1) is 26.7. The first-order valence-electron chi connectivity index (χ1n) is 18.5. The fraction of sp³-hybridized carbons (Fsp3) is 0.372. The highest BCUT2D eigenvalue weighted by molar-refractivity contribution is 9.10. The van der Waals surface area contributed by atoms with Crippen LogP contribution in [-0.4, -0.2) is 47.5 Å². The lowest BCUT2D eigenvalue weighted by atomic mass is 9.75. The largest absolute Gasteiger partial charge is 0.494 e. The van der Waals surface area contributed by atoms with E-state index in [1.807, 2.05) is 114 Å². The van der Waals surface area contributed by atoms with Crippen LogP contribution in [0.2, 0.25) is 0 Å². The molecule has 1 aliphatic heterocycles. The Bertz CT molecular complexity index is 2170. The summed E-state index contributed by atoms with van der Waals surface area (Å²) in [6.07, 6.45) is -2.17. The van der Waals surface area contributed by atoms with Gasteiger partial charge >= 0.3 is 25.2 Å². The third-order valence-electron chi connectivity index (χ3n) is 10.3. The third-order valence-corrected chi connectivity index (χ3v) is 10.8. The maximum Gasteiger partial charge on any atom is 0.494 e. The molecule has 2 aliphatic rings. The Morgan fingerprint density at radius 3 is 2.14 bits per heavy atom. The van der Waals surface area contributed by atoms with Gasteiger partial charge in [0.1, 0.15) is 5.76 Å². The second-order valence-electron chi connectivity index (χ2n) is 15.5. The van der Waals surface area contributed by atoms with Crippen LogP contribution >= 0.6 is 15.9 Å². The van der Waals surface area contributed by atoms with Crippen molar-refractivity contribution in [1.29, 1.82) is 0 Å². The molecule has 1 saturated carbocycles. The van der Waals surface area contributed by atoms with Gasteiger partial charge in [0, 0.05) is 28.0 Å². The minimum atomic E-state index is -4.43. The van der Waals surface area contributed by atoms with Crippen LogP contribution < -0.4 is 10.8 Å². The number of fused-ring (bicyclic) bond motifs is 1. The fourth-order valence-corrected chi connectivity index (χ4v) is 6.21. The standard InChI is InChI=1S/C17H25BO4.C13H11BrF3NO.C13H11NO2/c1-15(2,14(19)20-7)12-9-8-10-13(11-12)18-21-16(3,4)17(5,6)22-18;14-10-3-1-9(2-4-10)7-18-8-11-5-6-12(19-11)13(15,16)17;15-13(16)10-7-12(8-5-6-8)14-11-4-2-1-3-9(10)11/h8-11H,1-7H3;1-6,18H,7-8H2;1-4,7-8H,5-6H2,(H,15,16). The van der Waals surface area contributed by atoms with E-state index >= 15 is 0 Å². The van der Waals surface area contributed by atoms with E-state index in [1.54, 1.807) is 6.07 Å². The fourth-order valence-electron chi connectivity index (χ4n) is 5.94. The summed E-state index contributed by atoms with van der Waals surface area (Å²) in [4.78, 5) is 27.7. The number of carboxylic acids is 1. The number of rotatable bonds is 9. The summed E-state index contributed by atoms with van der Waals surface area (Å²) in [6.45, 7) is 12.6. The maximum atomic E-state index is 12.3. The van der Waals surface area contributed by atoms with Crippen molar-refractivity contribution >= 4 is 51.4 Å². The molecule has 0 bridgehead atoms. The number of ether oxygens (including phenoxy) is 1. The highest BCUT2D eigenvalue weighted by Crippen LogP contribution is 2.40. The lowest BCUT2D eigenvalue weighted by Gasteiger charge is -2.32. The number of halogens is 4. The van der Waals surface area contributed by atoms with Crippen molar-refractivity contribution in [3.63, 3.8) is 0 Å². The van der Waals surface area contributed by atoms with Gasteiger partial charge < -0.3 is 28.9 Å². The Kier molecular flexibility index (Phi) is 13.4. The van der Waals surface area contributed by atoms with Gasteiger partial charge in [-0.15, -0.1) is 0 Å². The Balaban J connectivity index is 0.000000165. The molecule has 57 heavy (non-hydrogen) atoms. The number of hydrogen-bond acceptors (Lipinski definition) is 8. The molecule has 302 valence electrons. The number of methoxy groups -OCH3 is 1. The summed E-state index contributed by atoms with van der Waals surface area (Å²) in [5.74, 6) is -1.36. The molecule has 0 atom stereocenters. The molecule has 1 saturated heterocycles. The predicted octanol–water partition coefficient (Wildman–Crippen LogP) is 9.60. The molecule has 0 spiro atoms. The number of aromatic carboxylic acids is 1. The van der Waals surface area contributed by atoms with Crippen molar-refractivity contribution < 1.29 is 46.3 Å². The zero-order valence-corrected chi connectivity index (χ0v) is 34.6. The smallest absolute Gasteiger partial charge is 0.478 e. The van der Waals surface area contributed by atoms with Crippen molar-refractivity contribution in [2.45, 2.75) is 96.2 Å². The van der Waals surface area contributed by atoms with Crippen LogP contribution in [0, 0.1) is 0 Å². The normalized spacial score (nSPS) is 15.9. The molecular formula is C43H47BBrF3N2O7. The van der Waals surface area contributed by atoms with Gasteiger partial charge in [-0.3, -0.25) is 9.78 Å². The number of hydrogen-bond donors (Lipinski definition) is 2. The van der Waals surface area contributed by atoms with Crippen LogP contribution in [-0.2, 0) is 43.5 Å². The molecule has 14 heteroatoms. The molecule has 2 fully saturated rings.